The van der Waals surface area contributed by atoms with Crippen molar-refractivity contribution < 1.29 is 9.59 Å². The lowest BCUT2D eigenvalue weighted by molar-refractivity contribution is -0.929. The first kappa shape index (κ1) is 25.9. The quantitative estimate of drug-likeness (QED) is 0.169. The standard InChI is InChI=1S/C24H52NO/c1-4-7-10-15-20-25(21-16-11-8-5-2,22-17-12-9-6-3)23-18-13-14-19-24-26/h26H,4-24H2,1-3H3/q+1. The van der Waals surface area contributed by atoms with Crippen molar-refractivity contribution in [1.29, 1.82) is 0 Å². The average Bonchev–Trinajstić information content (AvgIpc) is 2.65. The second-order valence-electron chi connectivity index (χ2n) is 8.56. The van der Waals surface area contributed by atoms with Gasteiger partial charge < -0.3 is 9.59 Å². The van der Waals surface area contributed by atoms with Crippen molar-refractivity contribution in [2.75, 3.05) is 32.8 Å². The number of rotatable bonds is 21. The number of quaternary nitrogens is 1. The summed E-state index contributed by atoms with van der Waals surface area (Å²) in [5.41, 5.74) is 0. The van der Waals surface area contributed by atoms with Gasteiger partial charge in [-0.3, -0.25) is 0 Å². The van der Waals surface area contributed by atoms with Crippen LogP contribution >= 0.6 is 0 Å². The smallest absolute Gasteiger partial charge is 0.0786 e. The van der Waals surface area contributed by atoms with Crippen LogP contribution in [-0.4, -0.2) is 42.4 Å². The van der Waals surface area contributed by atoms with Crippen molar-refractivity contribution in [3.8, 4) is 0 Å². The van der Waals surface area contributed by atoms with E-state index in [4.69, 9.17) is 5.11 Å². The van der Waals surface area contributed by atoms with Gasteiger partial charge in [0.2, 0.25) is 0 Å². The summed E-state index contributed by atoms with van der Waals surface area (Å²) in [6, 6.07) is 0. The SMILES string of the molecule is CCCCCC[N+](CCCCCC)(CCCCCC)CCCCCCO. The average molecular weight is 371 g/mol. The lowest BCUT2D eigenvalue weighted by atomic mass is 10.1. The Balaban J connectivity index is 4.63. The summed E-state index contributed by atoms with van der Waals surface area (Å²) in [5, 5.41) is 9.02. The third-order valence-corrected chi connectivity index (χ3v) is 6.00. The van der Waals surface area contributed by atoms with E-state index < -0.39 is 0 Å². The third-order valence-electron chi connectivity index (χ3n) is 6.00. The van der Waals surface area contributed by atoms with Crippen molar-refractivity contribution in [3.05, 3.63) is 0 Å². The summed E-state index contributed by atoms with van der Waals surface area (Å²) in [6.07, 6.45) is 21.6. The van der Waals surface area contributed by atoms with E-state index in [1.165, 1.54) is 127 Å². The van der Waals surface area contributed by atoms with Crippen LogP contribution in [0.5, 0.6) is 0 Å². The number of hydrogen-bond donors (Lipinski definition) is 1. The molecule has 158 valence electrons. The van der Waals surface area contributed by atoms with Crippen LogP contribution in [0.1, 0.15) is 124 Å². The minimum absolute atomic E-state index is 0.366. The fourth-order valence-electron chi connectivity index (χ4n) is 4.21. The van der Waals surface area contributed by atoms with Crippen LogP contribution in [0, 0.1) is 0 Å². The Kier molecular flexibility index (Phi) is 19.6. The Labute approximate surface area is 166 Å². The number of aliphatic hydroxyl groups is 1. The summed E-state index contributed by atoms with van der Waals surface area (Å²) in [7, 11) is 0. The largest absolute Gasteiger partial charge is 0.396 e. The minimum atomic E-state index is 0.366. The molecule has 0 bridgehead atoms. The van der Waals surface area contributed by atoms with Crippen LogP contribution in [0.2, 0.25) is 0 Å². The molecular formula is C24H52NO+. The highest BCUT2D eigenvalue weighted by Gasteiger charge is 2.25. The van der Waals surface area contributed by atoms with E-state index in [1.807, 2.05) is 0 Å². The minimum Gasteiger partial charge on any atom is -0.396 e. The van der Waals surface area contributed by atoms with Gasteiger partial charge in [-0.05, 0) is 57.8 Å². The number of unbranched alkanes of at least 4 members (excludes halogenated alkanes) is 12. The molecule has 26 heavy (non-hydrogen) atoms. The number of aliphatic hydroxyl groups excluding tert-OH is 1. The highest BCUT2D eigenvalue weighted by Crippen LogP contribution is 2.19. The van der Waals surface area contributed by atoms with Gasteiger partial charge in [-0.2, -0.15) is 0 Å². The van der Waals surface area contributed by atoms with Gasteiger partial charge in [-0.15, -0.1) is 0 Å². The van der Waals surface area contributed by atoms with Gasteiger partial charge in [0.15, 0.2) is 0 Å². The molecule has 0 rings (SSSR count). The fraction of sp³-hybridized carbons (Fsp3) is 1.00. The molecule has 0 saturated carbocycles. The van der Waals surface area contributed by atoms with Crippen LogP contribution in [0.4, 0.5) is 0 Å². The Bertz CT molecular complexity index is 236. The van der Waals surface area contributed by atoms with Crippen LogP contribution in [0.3, 0.4) is 0 Å². The van der Waals surface area contributed by atoms with Gasteiger partial charge >= 0.3 is 0 Å². The lowest BCUT2D eigenvalue weighted by Gasteiger charge is -2.39. The summed E-state index contributed by atoms with van der Waals surface area (Å²) in [5.74, 6) is 0. The van der Waals surface area contributed by atoms with E-state index in [-0.39, 0.29) is 0 Å². The molecule has 1 N–H and O–H groups in total. The van der Waals surface area contributed by atoms with Crippen LogP contribution < -0.4 is 0 Å². The van der Waals surface area contributed by atoms with Crippen molar-refractivity contribution in [1.82, 2.24) is 0 Å². The van der Waals surface area contributed by atoms with Crippen molar-refractivity contribution in [2.45, 2.75) is 124 Å². The zero-order chi connectivity index (χ0) is 19.3. The zero-order valence-corrected chi connectivity index (χ0v) is 18.7. The molecule has 0 aliphatic rings. The topological polar surface area (TPSA) is 20.2 Å². The number of hydrogen-bond acceptors (Lipinski definition) is 1. The van der Waals surface area contributed by atoms with Gasteiger partial charge in [-0.25, -0.2) is 0 Å². The molecule has 0 fully saturated rings. The molecular weight excluding hydrogens is 318 g/mol. The van der Waals surface area contributed by atoms with E-state index in [9.17, 15) is 0 Å². The molecule has 0 amide bonds. The Morgan fingerprint density at radius 1 is 0.423 bits per heavy atom. The molecule has 0 aliphatic carbocycles. The maximum atomic E-state index is 9.02. The van der Waals surface area contributed by atoms with Gasteiger partial charge in [-0.1, -0.05) is 65.7 Å². The normalized spacial score (nSPS) is 12.0. The molecule has 0 spiro atoms. The van der Waals surface area contributed by atoms with Crippen molar-refractivity contribution in [2.24, 2.45) is 0 Å². The van der Waals surface area contributed by atoms with E-state index in [0.717, 1.165) is 6.42 Å². The molecule has 0 aliphatic heterocycles. The maximum absolute atomic E-state index is 9.02. The van der Waals surface area contributed by atoms with Crippen LogP contribution in [0.15, 0.2) is 0 Å². The van der Waals surface area contributed by atoms with Crippen molar-refractivity contribution in [3.63, 3.8) is 0 Å². The summed E-state index contributed by atoms with van der Waals surface area (Å²) < 4.78 is 1.40. The Morgan fingerprint density at radius 3 is 1.04 bits per heavy atom. The summed E-state index contributed by atoms with van der Waals surface area (Å²) in [4.78, 5) is 0. The predicted molar refractivity (Wildman–Crippen MR) is 118 cm³/mol. The number of nitrogens with zero attached hydrogens (tertiary/aromatic N) is 1. The van der Waals surface area contributed by atoms with E-state index in [2.05, 4.69) is 20.8 Å². The van der Waals surface area contributed by atoms with Gasteiger partial charge in [0.25, 0.3) is 0 Å². The monoisotopic (exact) mass is 370 g/mol. The molecule has 0 unspecified atom stereocenters. The maximum Gasteiger partial charge on any atom is 0.0786 e. The molecule has 0 aromatic carbocycles. The molecule has 0 aromatic rings. The van der Waals surface area contributed by atoms with E-state index in [0.29, 0.717) is 6.61 Å². The van der Waals surface area contributed by atoms with Gasteiger partial charge in [0, 0.05) is 6.61 Å². The van der Waals surface area contributed by atoms with E-state index in [1.54, 1.807) is 0 Å². The molecule has 0 atom stereocenters. The first-order chi connectivity index (χ1) is 12.7. The highest BCUT2D eigenvalue weighted by atomic mass is 16.2. The zero-order valence-electron chi connectivity index (χ0n) is 18.7. The highest BCUT2D eigenvalue weighted by molar-refractivity contribution is 4.53. The molecule has 2 nitrogen and oxygen atoms in total. The van der Waals surface area contributed by atoms with Gasteiger partial charge in [0.05, 0.1) is 26.2 Å². The molecule has 0 heterocycles. The van der Waals surface area contributed by atoms with Crippen molar-refractivity contribution >= 4 is 0 Å². The second kappa shape index (κ2) is 19.7. The second-order valence-corrected chi connectivity index (χ2v) is 8.56. The first-order valence-corrected chi connectivity index (χ1v) is 12.2. The predicted octanol–water partition coefficient (Wildman–Crippen LogP) is 7.10. The Hall–Kier alpha value is -0.0800. The lowest BCUT2D eigenvalue weighted by Crippen LogP contribution is -2.50. The molecule has 0 aromatic heterocycles. The summed E-state index contributed by atoms with van der Waals surface area (Å²) >= 11 is 0. The van der Waals surface area contributed by atoms with Crippen LogP contribution in [-0.2, 0) is 0 Å². The van der Waals surface area contributed by atoms with Crippen LogP contribution in [0.25, 0.3) is 0 Å². The molecule has 2 heteroatoms. The fourth-order valence-corrected chi connectivity index (χ4v) is 4.21. The first-order valence-electron chi connectivity index (χ1n) is 12.2. The van der Waals surface area contributed by atoms with Gasteiger partial charge in [0.1, 0.15) is 0 Å². The molecule has 0 saturated heterocycles. The molecule has 0 radical (unpaired) electrons. The summed E-state index contributed by atoms with van der Waals surface area (Å²) in [6.45, 7) is 13.0. The van der Waals surface area contributed by atoms with E-state index >= 15 is 0 Å². The third kappa shape index (κ3) is 15.0. The Morgan fingerprint density at radius 2 is 0.731 bits per heavy atom.